The van der Waals surface area contributed by atoms with Gasteiger partial charge in [0.15, 0.2) is 5.88 Å². The second-order valence-electron chi connectivity index (χ2n) is 7.83. The van der Waals surface area contributed by atoms with E-state index in [2.05, 4.69) is 4.98 Å². The molecule has 0 aliphatic heterocycles. The van der Waals surface area contributed by atoms with Crippen LogP contribution in [0.25, 0.3) is 10.9 Å². The van der Waals surface area contributed by atoms with Gasteiger partial charge in [0.2, 0.25) is 5.91 Å². The highest BCUT2D eigenvalue weighted by Crippen LogP contribution is 2.32. The summed E-state index contributed by atoms with van der Waals surface area (Å²) in [5.41, 5.74) is 9.64. The van der Waals surface area contributed by atoms with Crippen LogP contribution < -0.4 is 10.6 Å². The molecule has 0 fully saturated rings. The molecule has 35 heavy (non-hydrogen) atoms. The van der Waals surface area contributed by atoms with Gasteiger partial charge in [0, 0.05) is 29.2 Å². The van der Waals surface area contributed by atoms with Gasteiger partial charge in [-0.1, -0.05) is 36.4 Å². The van der Waals surface area contributed by atoms with Gasteiger partial charge in [-0.15, -0.1) is 0 Å². The van der Waals surface area contributed by atoms with Crippen LogP contribution in [0.2, 0.25) is 0 Å². The summed E-state index contributed by atoms with van der Waals surface area (Å²) in [5.74, 6) is -0.689. The zero-order valence-electron chi connectivity index (χ0n) is 19.5. The van der Waals surface area contributed by atoms with Gasteiger partial charge in [-0.25, -0.2) is 9.79 Å². The fourth-order valence-electron chi connectivity index (χ4n) is 3.79. The van der Waals surface area contributed by atoms with Gasteiger partial charge < -0.3 is 25.5 Å². The summed E-state index contributed by atoms with van der Waals surface area (Å²) in [6, 6.07) is 21.8. The molecule has 4 aromatic rings. The molecule has 0 atom stereocenters. The van der Waals surface area contributed by atoms with Crippen molar-refractivity contribution in [1.29, 1.82) is 0 Å². The Kier molecular flexibility index (Phi) is 6.93. The Bertz CT molecular complexity index is 1390. The first-order valence-electron chi connectivity index (χ1n) is 11.2. The monoisotopic (exact) mass is 470 g/mol. The number of rotatable bonds is 7. The van der Waals surface area contributed by atoms with Gasteiger partial charge in [-0.3, -0.25) is 4.79 Å². The predicted molar refractivity (Wildman–Crippen MR) is 137 cm³/mol. The third-order valence-corrected chi connectivity index (χ3v) is 5.60. The zero-order valence-corrected chi connectivity index (χ0v) is 19.5. The molecule has 0 aliphatic rings. The molecule has 8 heteroatoms. The molecule has 0 radical (unpaired) electrons. The molecule has 0 spiro atoms. The molecule has 3 aromatic carbocycles. The molecule has 8 nitrogen and oxygen atoms in total. The minimum absolute atomic E-state index is 0.0616. The van der Waals surface area contributed by atoms with Crippen molar-refractivity contribution in [3.8, 4) is 5.88 Å². The lowest BCUT2D eigenvalue weighted by Gasteiger charge is -2.16. The third kappa shape index (κ3) is 4.92. The summed E-state index contributed by atoms with van der Waals surface area (Å²) in [4.78, 5) is 33.3. The molecule has 1 heterocycles. The fourth-order valence-corrected chi connectivity index (χ4v) is 3.79. The number of anilines is 1. The van der Waals surface area contributed by atoms with Crippen molar-refractivity contribution in [3.05, 3.63) is 89.5 Å². The number of aromatic amines is 1. The maximum absolute atomic E-state index is 12.2. The van der Waals surface area contributed by atoms with E-state index in [0.717, 1.165) is 5.56 Å². The standard InChI is InChI=1S/C27H26N4O4/c1-3-35-27(34)18-9-14-21-22(15-18)30-26(33)24(21)25(17-7-5-4-6-8-17)29-19-10-12-20(13-11-19)31(2)23(32)16-28/h4-15,30,33H,3,16,28H2,1-2H3. The largest absolute Gasteiger partial charge is 0.494 e. The predicted octanol–water partition coefficient (Wildman–Crippen LogP) is 4.14. The van der Waals surface area contributed by atoms with Crippen LogP contribution in [0.1, 0.15) is 28.4 Å². The third-order valence-electron chi connectivity index (χ3n) is 5.60. The summed E-state index contributed by atoms with van der Waals surface area (Å²) in [6.45, 7) is 1.95. The minimum atomic E-state index is -0.430. The molecule has 178 valence electrons. The van der Waals surface area contributed by atoms with E-state index in [-0.39, 0.29) is 24.9 Å². The number of aromatic nitrogens is 1. The molecule has 4 N–H and O–H groups in total. The van der Waals surface area contributed by atoms with Crippen LogP contribution in [0.4, 0.5) is 11.4 Å². The second-order valence-corrected chi connectivity index (χ2v) is 7.83. The number of nitrogens with two attached hydrogens (primary N) is 1. The van der Waals surface area contributed by atoms with Gasteiger partial charge in [-0.2, -0.15) is 0 Å². The van der Waals surface area contributed by atoms with Crippen molar-refractivity contribution in [1.82, 2.24) is 4.98 Å². The molecular weight excluding hydrogens is 444 g/mol. The Hall–Kier alpha value is -4.43. The number of aromatic hydroxyl groups is 1. The topological polar surface area (TPSA) is 121 Å². The number of amides is 1. The first-order chi connectivity index (χ1) is 16.9. The van der Waals surface area contributed by atoms with E-state index in [1.807, 2.05) is 30.3 Å². The zero-order chi connectivity index (χ0) is 24.9. The van der Waals surface area contributed by atoms with Crippen molar-refractivity contribution in [2.45, 2.75) is 6.92 Å². The van der Waals surface area contributed by atoms with E-state index in [9.17, 15) is 14.7 Å². The van der Waals surface area contributed by atoms with E-state index < -0.39 is 5.97 Å². The van der Waals surface area contributed by atoms with Crippen LogP contribution in [-0.2, 0) is 9.53 Å². The summed E-state index contributed by atoms with van der Waals surface area (Å²) in [7, 11) is 1.66. The van der Waals surface area contributed by atoms with Crippen molar-refractivity contribution in [3.63, 3.8) is 0 Å². The lowest BCUT2D eigenvalue weighted by molar-refractivity contribution is -0.117. The van der Waals surface area contributed by atoms with E-state index in [1.165, 1.54) is 4.90 Å². The van der Waals surface area contributed by atoms with Crippen LogP contribution in [-0.4, -0.2) is 47.9 Å². The van der Waals surface area contributed by atoms with E-state index >= 15 is 0 Å². The van der Waals surface area contributed by atoms with Crippen LogP contribution in [0.5, 0.6) is 5.88 Å². The summed E-state index contributed by atoms with van der Waals surface area (Å²) >= 11 is 0. The van der Waals surface area contributed by atoms with Crippen LogP contribution in [0.3, 0.4) is 0 Å². The lowest BCUT2D eigenvalue weighted by atomic mass is 10.00. The number of carbonyl (C=O) groups is 2. The molecule has 4 rings (SSSR count). The number of fused-ring (bicyclic) bond motifs is 1. The maximum Gasteiger partial charge on any atom is 0.338 e. The Morgan fingerprint density at radius 2 is 1.74 bits per heavy atom. The summed E-state index contributed by atoms with van der Waals surface area (Å²) in [5, 5.41) is 11.6. The smallest absolute Gasteiger partial charge is 0.338 e. The van der Waals surface area contributed by atoms with Crippen molar-refractivity contribution in [2.75, 3.05) is 25.1 Å². The average molecular weight is 471 g/mol. The molecular formula is C27H26N4O4. The van der Waals surface area contributed by atoms with Crippen LogP contribution in [0.15, 0.2) is 77.8 Å². The first kappa shape index (κ1) is 23.7. The highest BCUT2D eigenvalue weighted by atomic mass is 16.5. The van der Waals surface area contributed by atoms with Crippen LogP contribution in [0, 0.1) is 0 Å². The van der Waals surface area contributed by atoms with Crippen molar-refractivity contribution >= 4 is 39.9 Å². The lowest BCUT2D eigenvalue weighted by Crippen LogP contribution is -2.32. The number of hydrogen-bond acceptors (Lipinski definition) is 6. The number of H-pyrrole nitrogens is 1. The Morgan fingerprint density at radius 3 is 2.40 bits per heavy atom. The normalized spacial score (nSPS) is 11.5. The molecule has 0 saturated heterocycles. The first-order valence-corrected chi connectivity index (χ1v) is 11.2. The summed E-state index contributed by atoms with van der Waals surface area (Å²) in [6.07, 6.45) is 0. The Labute approximate surface area is 202 Å². The molecule has 1 aromatic heterocycles. The second kappa shape index (κ2) is 10.2. The Balaban J connectivity index is 1.81. The number of esters is 1. The molecule has 0 unspecified atom stereocenters. The van der Waals surface area contributed by atoms with Gasteiger partial charge >= 0.3 is 5.97 Å². The summed E-state index contributed by atoms with van der Waals surface area (Å²) < 4.78 is 5.09. The highest BCUT2D eigenvalue weighted by molar-refractivity contribution is 6.22. The maximum atomic E-state index is 12.2. The van der Waals surface area contributed by atoms with Crippen molar-refractivity contribution < 1.29 is 19.4 Å². The number of benzene rings is 3. The van der Waals surface area contributed by atoms with E-state index in [1.54, 1.807) is 56.4 Å². The highest BCUT2D eigenvalue weighted by Gasteiger charge is 2.20. The average Bonchev–Trinajstić information content (AvgIpc) is 3.22. The number of hydrogen-bond donors (Lipinski definition) is 3. The van der Waals surface area contributed by atoms with E-state index in [0.29, 0.717) is 39.1 Å². The SMILES string of the molecule is CCOC(=O)c1ccc2c(C(=Nc3ccc(N(C)C(=O)CN)cc3)c3ccccc3)c(O)[nH]c2c1. The molecule has 0 bridgehead atoms. The number of carbonyl (C=O) groups excluding carboxylic acids is 2. The van der Waals surface area contributed by atoms with Crippen molar-refractivity contribution in [2.24, 2.45) is 10.7 Å². The minimum Gasteiger partial charge on any atom is -0.494 e. The van der Waals surface area contributed by atoms with Gasteiger partial charge in [0.1, 0.15) is 0 Å². The number of likely N-dealkylation sites (N-methyl/N-ethyl adjacent to an activating group) is 1. The van der Waals surface area contributed by atoms with Crippen LogP contribution >= 0.6 is 0 Å². The molecule has 1 amide bonds. The molecule has 0 saturated carbocycles. The van der Waals surface area contributed by atoms with E-state index in [4.69, 9.17) is 15.5 Å². The quantitative estimate of drug-likeness (QED) is 0.277. The number of nitrogens with zero attached hydrogens (tertiary/aromatic N) is 2. The number of aliphatic imine (C=N–C) groups is 1. The van der Waals surface area contributed by atoms with Gasteiger partial charge in [0.25, 0.3) is 0 Å². The Morgan fingerprint density at radius 1 is 1.03 bits per heavy atom. The fraction of sp³-hybridized carbons (Fsp3) is 0.148. The number of ether oxygens (including phenoxy) is 1. The number of nitrogens with one attached hydrogen (secondary N) is 1. The van der Waals surface area contributed by atoms with Gasteiger partial charge in [-0.05, 0) is 43.3 Å². The molecule has 0 aliphatic carbocycles. The van der Waals surface area contributed by atoms with Gasteiger partial charge in [0.05, 0.1) is 35.7 Å².